The lowest BCUT2D eigenvalue weighted by atomic mass is 10.2. The maximum absolute atomic E-state index is 12.6. The minimum absolute atomic E-state index is 0.0465. The van der Waals surface area contributed by atoms with E-state index in [0.717, 1.165) is 4.68 Å². The molecule has 1 aromatic heterocycles. The van der Waals surface area contributed by atoms with Gasteiger partial charge in [0.2, 0.25) is 5.91 Å². The van der Waals surface area contributed by atoms with Gasteiger partial charge >= 0.3 is 0 Å². The summed E-state index contributed by atoms with van der Waals surface area (Å²) in [6.45, 7) is 1.55. The van der Waals surface area contributed by atoms with Gasteiger partial charge in [-0.05, 0) is 18.2 Å². The second-order valence-electron chi connectivity index (χ2n) is 6.68. The number of benzene rings is 2. The molecule has 0 unspecified atom stereocenters. The van der Waals surface area contributed by atoms with Gasteiger partial charge in [-0.2, -0.15) is 0 Å². The van der Waals surface area contributed by atoms with Crippen molar-refractivity contribution in [1.82, 2.24) is 19.9 Å². The Hall–Kier alpha value is -3.82. The maximum Gasteiger partial charge on any atom is 0.292 e. The van der Waals surface area contributed by atoms with Gasteiger partial charge in [0.15, 0.2) is 0 Å². The van der Waals surface area contributed by atoms with Gasteiger partial charge in [0.1, 0.15) is 17.7 Å². The number of hydrogen-bond donors (Lipinski definition) is 0. The van der Waals surface area contributed by atoms with Crippen LogP contribution in [-0.4, -0.2) is 56.9 Å². The highest BCUT2D eigenvalue weighted by atomic mass is 16.6. The molecule has 0 atom stereocenters. The van der Waals surface area contributed by atoms with Crippen LogP contribution in [0.5, 0.6) is 0 Å². The third-order valence-electron chi connectivity index (χ3n) is 4.97. The Morgan fingerprint density at radius 1 is 1.03 bits per heavy atom. The van der Waals surface area contributed by atoms with E-state index in [2.05, 4.69) is 10.3 Å². The van der Waals surface area contributed by atoms with E-state index in [1.165, 1.54) is 6.07 Å². The van der Waals surface area contributed by atoms with Crippen molar-refractivity contribution < 1.29 is 9.72 Å². The van der Waals surface area contributed by atoms with E-state index in [0.29, 0.717) is 42.8 Å². The van der Waals surface area contributed by atoms with Crippen molar-refractivity contribution in [1.29, 1.82) is 0 Å². The number of para-hydroxylation sites is 2. The van der Waals surface area contributed by atoms with Gasteiger partial charge in [-0.25, -0.2) is 4.68 Å². The van der Waals surface area contributed by atoms with Crippen LogP contribution >= 0.6 is 0 Å². The highest BCUT2D eigenvalue weighted by molar-refractivity contribution is 5.78. The molecule has 29 heavy (non-hydrogen) atoms. The molecule has 4 rings (SSSR count). The molecule has 1 aliphatic heterocycles. The summed E-state index contributed by atoms with van der Waals surface area (Å²) in [4.78, 5) is 39.5. The van der Waals surface area contributed by atoms with E-state index in [-0.39, 0.29) is 23.7 Å². The van der Waals surface area contributed by atoms with Crippen LogP contribution in [0.1, 0.15) is 0 Å². The van der Waals surface area contributed by atoms with Crippen LogP contribution in [0.2, 0.25) is 0 Å². The number of carbonyl (C=O) groups excluding carboxylic acids is 1. The van der Waals surface area contributed by atoms with E-state index in [1.807, 2.05) is 4.90 Å². The summed E-state index contributed by atoms with van der Waals surface area (Å²) in [5.41, 5.74) is 0.716. The largest absolute Gasteiger partial charge is 0.362 e. The maximum atomic E-state index is 12.6. The average Bonchev–Trinajstić information content (AvgIpc) is 2.76. The van der Waals surface area contributed by atoms with E-state index in [1.54, 1.807) is 47.4 Å². The van der Waals surface area contributed by atoms with Crippen LogP contribution in [0.3, 0.4) is 0 Å². The fourth-order valence-corrected chi connectivity index (χ4v) is 3.44. The summed E-state index contributed by atoms with van der Waals surface area (Å²) in [5, 5.41) is 19.5. The minimum Gasteiger partial charge on any atom is -0.362 e. The quantitative estimate of drug-likeness (QED) is 0.480. The number of aromatic nitrogens is 3. The van der Waals surface area contributed by atoms with Crippen molar-refractivity contribution in [3.8, 4) is 0 Å². The second-order valence-corrected chi connectivity index (χ2v) is 6.68. The van der Waals surface area contributed by atoms with Crippen molar-refractivity contribution in [2.24, 2.45) is 0 Å². The molecule has 0 N–H and O–H groups in total. The number of nitro groups is 1. The van der Waals surface area contributed by atoms with E-state index >= 15 is 0 Å². The molecule has 0 bridgehead atoms. The van der Waals surface area contributed by atoms with E-state index in [4.69, 9.17) is 0 Å². The normalized spacial score (nSPS) is 14.2. The topological polar surface area (TPSA) is 114 Å². The summed E-state index contributed by atoms with van der Waals surface area (Å²) in [6, 6.07) is 13.4. The number of carbonyl (C=O) groups is 1. The van der Waals surface area contributed by atoms with Crippen molar-refractivity contribution in [2.75, 3.05) is 31.1 Å². The van der Waals surface area contributed by atoms with E-state index < -0.39 is 4.92 Å². The zero-order valence-corrected chi connectivity index (χ0v) is 15.5. The molecule has 2 aromatic carbocycles. The SMILES string of the molecule is O=C(Cn1nnc2ccccc2c1=O)N1CCN(c2ccccc2[N+](=O)[O-])CC1. The van der Waals surface area contributed by atoms with Crippen LogP contribution in [0.25, 0.3) is 10.9 Å². The molecule has 1 saturated heterocycles. The Labute approximate surface area is 165 Å². The third kappa shape index (κ3) is 3.64. The first-order valence-corrected chi connectivity index (χ1v) is 9.13. The van der Waals surface area contributed by atoms with Gasteiger partial charge in [0.05, 0.1) is 10.3 Å². The Bertz CT molecular complexity index is 1140. The van der Waals surface area contributed by atoms with Crippen LogP contribution < -0.4 is 10.5 Å². The Kier molecular flexibility index (Phi) is 4.90. The summed E-state index contributed by atoms with van der Waals surface area (Å²) in [7, 11) is 0. The Morgan fingerprint density at radius 3 is 2.48 bits per heavy atom. The highest BCUT2D eigenvalue weighted by Gasteiger charge is 2.26. The number of amides is 1. The molecule has 0 spiro atoms. The minimum atomic E-state index is -0.405. The number of anilines is 1. The molecule has 148 valence electrons. The molecular weight excluding hydrogens is 376 g/mol. The molecule has 10 nitrogen and oxygen atoms in total. The lowest BCUT2D eigenvalue weighted by Gasteiger charge is -2.35. The molecule has 10 heteroatoms. The van der Waals surface area contributed by atoms with Gasteiger partial charge in [-0.15, -0.1) is 5.10 Å². The third-order valence-corrected chi connectivity index (χ3v) is 4.97. The number of piperazine rings is 1. The first kappa shape index (κ1) is 18.5. The summed E-state index contributed by atoms with van der Waals surface area (Å²) >= 11 is 0. The van der Waals surface area contributed by atoms with Crippen LogP contribution in [0.15, 0.2) is 53.3 Å². The molecule has 3 aromatic rings. The number of rotatable bonds is 4. The van der Waals surface area contributed by atoms with Gasteiger partial charge in [-0.3, -0.25) is 19.7 Å². The Morgan fingerprint density at radius 2 is 1.72 bits per heavy atom. The first-order chi connectivity index (χ1) is 14.0. The molecule has 1 fully saturated rings. The highest BCUT2D eigenvalue weighted by Crippen LogP contribution is 2.28. The zero-order chi connectivity index (χ0) is 20.4. The number of fused-ring (bicyclic) bond motifs is 1. The molecule has 2 heterocycles. The first-order valence-electron chi connectivity index (χ1n) is 9.13. The lowest BCUT2D eigenvalue weighted by molar-refractivity contribution is -0.384. The van der Waals surface area contributed by atoms with Gasteiger partial charge < -0.3 is 9.80 Å². The molecular formula is C19H18N6O4. The predicted octanol–water partition coefficient (Wildman–Crippen LogP) is 1.05. The summed E-state index contributed by atoms with van der Waals surface area (Å²) in [5.74, 6) is -0.237. The molecule has 0 saturated carbocycles. The zero-order valence-electron chi connectivity index (χ0n) is 15.5. The van der Waals surface area contributed by atoms with Crippen LogP contribution in [-0.2, 0) is 11.3 Å². The fraction of sp³-hybridized carbons (Fsp3) is 0.263. The number of nitrogens with zero attached hydrogens (tertiary/aromatic N) is 6. The van der Waals surface area contributed by atoms with Gasteiger partial charge in [0.25, 0.3) is 11.2 Å². The molecule has 1 aliphatic rings. The molecule has 0 aliphatic carbocycles. The van der Waals surface area contributed by atoms with Crippen LogP contribution in [0.4, 0.5) is 11.4 Å². The fourth-order valence-electron chi connectivity index (χ4n) is 3.44. The standard InChI is InChI=1S/C19H18N6O4/c26-18(13-24-19(27)14-5-1-2-6-15(14)20-21-24)23-11-9-22(10-12-23)16-7-3-4-8-17(16)25(28)29/h1-8H,9-13H2. The van der Waals surface area contributed by atoms with Crippen molar-refractivity contribution >= 4 is 28.2 Å². The monoisotopic (exact) mass is 394 g/mol. The van der Waals surface area contributed by atoms with Gasteiger partial charge in [0, 0.05) is 32.2 Å². The predicted molar refractivity (Wildman–Crippen MR) is 106 cm³/mol. The molecule has 0 radical (unpaired) electrons. The van der Waals surface area contributed by atoms with Gasteiger partial charge in [-0.1, -0.05) is 29.5 Å². The second kappa shape index (κ2) is 7.66. The summed E-state index contributed by atoms with van der Waals surface area (Å²) in [6.07, 6.45) is 0. The number of hydrogen-bond acceptors (Lipinski definition) is 7. The average molecular weight is 394 g/mol. The number of nitro benzene ring substituents is 1. The lowest BCUT2D eigenvalue weighted by Crippen LogP contribution is -2.50. The van der Waals surface area contributed by atoms with Crippen molar-refractivity contribution in [2.45, 2.75) is 6.54 Å². The van der Waals surface area contributed by atoms with Crippen molar-refractivity contribution in [3.63, 3.8) is 0 Å². The summed E-state index contributed by atoms with van der Waals surface area (Å²) < 4.78 is 1.07. The van der Waals surface area contributed by atoms with E-state index in [9.17, 15) is 19.7 Å². The van der Waals surface area contributed by atoms with Crippen molar-refractivity contribution in [3.05, 3.63) is 69.0 Å². The smallest absolute Gasteiger partial charge is 0.292 e. The Balaban J connectivity index is 1.44. The van der Waals surface area contributed by atoms with Crippen LogP contribution in [0, 0.1) is 10.1 Å². The molecule has 1 amide bonds.